The normalized spacial score (nSPS) is 24.8. The van der Waals surface area contributed by atoms with Crippen molar-refractivity contribution >= 4 is 18.3 Å². The Labute approximate surface area is 85.0 Å². The maximum atomic E-state index is 11.4. The predicted molar refractivity (Wildman–Crippen MR) is 54.7 cm³/mol. The highest BCUT2D eigenvalue weighted by Gasteiger charge is 2.22. The monoisotopic (exact) mass is 207 g/mol. The van der Waals surface area contributed by atoms with Gasteiger partial charge in [0, 0.05) is 19.1 Å². The van der Waals surface area contributed by atoms with E-state index in [1.54, 1.807) is 11.8 Å². The zero-order chi connectivity index (χ0) is 9.14. The molecule has 1 aliphatic heterocycles. The van der Waals surface area contributed by atoms with E-state index in [4.69, 9.17) is 11.5 Å². The van der Waals surface area contributed by atoms with E-state index in [0.29, 0.717) is 6.54 Å². The Bertz CT molecular complexity index is 175. The summed E-state index contributed by atoms with van der Waals surface area (Å²) in [5.74, 6) is 0.0187. The highest BCUT2D eigenvalue weighted by atomic mass is 35.5. The molecule has 0 bridgehead atoms. The predicted octanol–water partition coefficient (Wildman–Crippen LogP) is -0.295. The first-order valence-electron chi connectivity index (χ1n) is 4.41. The minimum Gasteiger partial charge on any atom is -0.340 e. The molecule has 1 fully saturated rings. The summed E-state index contributed by atoms with van der Waals surface area (Å²) < 4.78 is 0. The molecular formula is C8H18ClN3O. The summed E-state index contributed by atoms with van der Waals surface area (Å²) in [5, 5.41) is 0. The van der Waals surface area contributed by atoms with E-state index in [-0.39, 0.29) is 24.4 Å². The summed E-state index contributed by atoms with van der Waals surface area (Å²) in [6.45, 7) is 3.19. The highest BCUT2D eigenvalue weighted by Crippen LogP contribution is 2.08. The third kappa shape index (κ3) is 3.50. The van der Waals surface area contributed by atoms with Crippen molar-refractivity contribution in [3.63, 3.8) is 0 Å². The second-order valence-electron chi connectivity index (χ2n) is 3.48. The lowest BCUT2D eigenvalue weighted by atomic mass is 10.1. The van der Waals surface area contributed by atoms with Gasteiger partial charge in [0.05, 0.1) is 6.04 Å². The third-order valence-corrected chi connectivity index (χ3v) is 2.16. The van der Waals surface area contributed by atoms with E-state index >= 15 is 0 Å². The third-order valence-electron chi connectivity index (χ3n) is 2.16. The van der Waals surface area contributed by atoms with Gasteiger partial charge in [-0.1, -0.05) is 0 Å². The van der Waals surface area contributed by atoms with E-state index in [1.807, 2.05) is 0 Å². The quantitative estimate of drug-likeness (QED) is 0.621. The van der Waals surface area contributed by atoms with Crippen LogP contribution in [0.5, 0.6) is 0 Å². The minimum atomic E-state index is -0.393. The van der Waals surface area contributed by atoms with Crippen LogP contribution >= 0.6 is 12.4 Å². The van der Waals surface area contributed by atoms with Crippen LogP contribution in [0.25, 0.3) is 0 Å². The molecule has 4 N–H and O–H groups in total. The van der Waals surface area contributed by atoms with Crippen LogP contribution in [0.15, 0.2) is 0 Å². The number of amides is 1. The summed E-state index contributed by atoms with van der Waals surface area (Å²) in [7, 11) is 0. The smallest absolute Gasteiger partial charge is 0.239 e. The van der Waals surface area contributed by atoms with Gasteiger partial charge in [-0.2, -0.15) is 0 Å². The van der Waals surface area contributed by atoms with E-state index in [1.165, 1.54) is 0 Å². The molecule has 5 heteroatoms. The minimum absolute atomic E-state index is 0. The summed E-state index contributed by atoms with van der Waals surface area (Å²) in [6.07, 6.45) is 2.02. The lowest BCUT2D eigenvalue weighted by Crippen LogP contribution is -2.50. The molecule has 0 saturated carbocycles. The molecule has 0 aromatic carbocycles. The topological polar surface area (TPSA) is 72.4 Å². The van der Waals surface area contributed by atoms with Crippen molar-refractivity contribution in [2.75, 3.05) is 13.1 Å². The van der Waals surface area contributed by atoms with Crippen LogP contribution in [0, 0.1) is 0 Å². The van der Waals surface area contributed by atoms with Crippen LogP contribution in [0.3, 0.4) is 0 Å². The summed E-state index contributed by atoms with van der Waals surface area (Å²) in [5.41, 5.74) is 11.2. The first-order chi connectivity index (χ1) is 5.61. The molecule has 78 valence electrons. The average molecular weight is 208 g/mol. The number of nitrogens with two attached hydrogens (primary N) is 2. The molecular weight excluding hydrogens is 190 g/mol. The number of nitrogens with zero attached hydrogens (tertiary/aromatic N) is 1. The van der Waals surface area contributed by atoms with Crippen LogP contribution in [-0.4, -0.2) is 36.0 Å². The second kappa shape index (κ2) is 5.42. The van der Waals surface area contributed by atoms with E-state index in [9.17, 15) is 4.79 Å². The zero-order valence-electron chi connectivity index (χ0n) is 7.90. The molecule has 1 heterocycles. The van der Waals surface area contributed by atoms with Gasteiger partial charge in [-0.3, -0.25) is 4.79 Å². The lowest BCUT2D eigenvalue weighted by Gasteiger charge is -2.31. The first-order valence-corrected chi connectivity index (χ1v) is 4.41. The number of carbonyl (C=O) groups excluding carboxylic acids is 1. The molecule has 0 aliphatic carbocycles. The molecule has 0 aromatic rings. The molecule has 1 rings (SSSR count). The van der Waals surface area contributed by atoms with E-state index in [2.05, 4.69) is 0 Å². The Hall–Kier alpha value is -0.320. The molecule has 0 radical (unpaired) electrons. The largest absolute Gasteiger partial charge is 0.340 e. The maximum absolute atomic E-state index is 11.4. The number of halogens is 1. The number of carbonyl (C=O) groups is 1. The van der Waals surface area contributed by atoms with Crippen LogP contribution in [0.4, 0.5) is 0 Å². The van der Waals surface area contributed by atoms with Gasteiger partial charge in [-0.25, -0.2) is 0 Å². The number of hydrogen-bond acceptors (Lipinski definition) is 3. The van der Waals surface area contributed by atoms with Crippen LogP contribution < -0.4 is 11.5 Å². The molecule has 1 aliphatic rings. The summed E-state index contributed by atoms with van der Waals surface area (Å²) >= 11 is 0. The van der Waals surface area contributed by atoms with E-state index < -0.39 is 6.04 Å². The van der Waals surface area contributed by atoms with Gasteiger partial charge < -0.3 is 16.4 Å². The van der Waals surface area contributed by atoms with Crippen molar-refractivity contribution in [3.05, 3.63) is 0 Å². The van der Waals surface area contributed by atoms with Crippen LogP contribution in [-0.2, 0) is 4.79 Å². The van der Waals surface area contributed by atoms with Gasteiger partial charge in [0.15, 0.2) is 0 Å². The molecule has 0 aromatic heterocycles. The molecule has 1 amide bonds. The van der Waals surface area contributed by atoms with Crippen molar-refractivity contribution in [1.82, 2.24) is 4.90 Å². The van der Waals surface area contributed by atoms with Crippen molar-refractivity contribution in [1.29, 1.82) is 0 Å². The van der Waals surface area contributed by atoms with Crippen LogP contribution in [0.2, 0.25) is 0 Å². The summed E-state index contributed by atoms with van der Waals surface area (Å²) in [4.78, 5) is 13.2. The molecule has 4 nitrogen and oxygen atoms in total. The Kier molecular flexibility index (Phi) is 5.29. The molecule has 1 saturated heterocycles. The molecule has 1 unspecified atom stereocenters. The molecule has 2 atom stereocenters. The van der Waals surface area contributed by atoms with Crippen LogP contribution in [0.1, 0.15) is 19.8 Å². The van der Waals surface area contributed by atoms with E-state index in [0.717, 1.165) is 19.4 Å². The Morgan fingerprint density at radius 3 is 2.69 bits per heavy atom. The Morgan fingerprint density at radius 1 is 1.62 bits per heavy atom. The number of hydrogen-bond donors (Lipinski definition) is 2. The second-order valence-corrected chi connectivity index (χ2v) is 3.48. The van der Waals surface area contributed by atoms with Gasteiger partial charge in [0.1, 0.15) is 0 Å². The standard InChI is InChI=1S/C8H17N3O.ClH/c1-6(9)8(12)11-4-2-3-7(10)5-11;/h6-7H,2-5,9-10H2,1H3;1H/t6-,7?;/m0./s1. The summed E-state index contributed by atoms with van der Waals surface area (Å²) in [6, 6.07) is -0.253. The van der Waals surface area contributed by atoms with Gasteiger partial charge in [-0.15, -0.1) is 12.4 Å². The SMILES string of the molecule is C[C@H](N)C(=O)N1CCCC(N)C1.Cl. The van der Waals surface area contributed by atoms with Crippen molar-refractivity contribution in [3.8, 4) is 0 Å². The highest BCUT2D eigenvalue weighted by molar-refractivity contribution is 5.85. The molecule has 0 spiro atoms. The van der Waals surface area contributed by atoms with Gasteiger partial charge in [-0.05, 0) is 19.8 Å². The Morgan fingerprint density at radius 2 is 2.23 bits per heavy atom. The van der Waals surface area contributed by atoms with Crippen molar-refractivity contribution in [2.24, 2.45) is 11.5 Å². The lowest BCUT2D eigenvalue weighted by molar-refractivity contribution is -0.133. The van der Waals surface area contributed by atoms with Crippen molar-refractivity contribution in [2.45, 2.75) is 31.8 Å². The average Bonchev–Trinajstić information content (AvgIpc) is 2.03. The fourth-order valence-electron chi connectivity index (χ4n) is 1.50. The zero-order valence-corrected chi connectivity index (χ0v) is 8.72. The fraction of sp³-hybridized carbons (Fsp3) is 0.875. The fourth-order valence-corrected chi connectivity index (χ4v) is 1.50. The number of likely N-dealkylation sites (tertiary alicyclic amines) is 1. The first kappa shape index (κ1) is 12.7. The molecule has 13 heavy (non-hydrogen) atoms. The maximum Gasteiger partial charge on any atom is 0.239 e. The number of piperidine rings is 1. The van der Waals surface area contributed by atoms with Gasteiger partial charge in [0.25, 0.3) is 0 Å². The Balaban J connectivity index is 0.00000144. The van der Waals surface area contributed by atoms with Gasteiger partial charge >= 0.3 is 0 Å². The van der Waals surface area contributed by atoms with Crippen molar-refractivity contribution < 1.29 is 4.79 Å². The van der Waals surface area contributed by atoms with Gasteiger partial charge in [0.2, 0.25) is 5.91 Å². The number of rotatable bonds is 1.